The van der Waals surface area contributed by atoms with Gasteiger partial charge >= 0.3 is 0 Å². The first-order valence-electron chi connectivity index (χ1n) is 8.43. The van der Waals surface area contributed by atoms with Crippen LogP contribution in [0.4, 0.5) is 0 Å². The molecular formula is C18H25N3O2. The highest BCUT2D eigenvalue weighted by Gasteiger charge is 2.44. The number of fused-ring (bicyclic) bond motifs is 1. The van der Waals surface area contributed by atoms with Gasteiger partial charge in [-0.3, -0.25) is 14.5 Å². The minimum atomic E-state index is -0.366. The van der Waals surface area contributed by atoms with Gasteiger partial charge in [-0.15, -0.1) is 0 Å². The second-order valence-electron chi connectivity index (χ2n) is 6.81. The van der Waals surface area contributed by atoms with E-state index in [0.29, 0.717) is 13.1 Å². The van der Waals surface area contributed by atoms with Crippen molar-refractivity contribution in [3.05, 3.63) is 35.9 Å². The Bertz CT molecular complexity index is 573. The Kier molecular flexibility index (Phi) is 4.66. The fourth-order valence-corrected chi connectivity index (χ4v) is 3.40. The lowest BCUT2D eigenvalue weighted by molar-refractivity contribution is -0.154. The molecule has 5 nitrogen and oxygen atoms in total. The summed E-state index contributed by atoms with van der Waals surface area (Å²) < 4.78 is 0. The highest BCUT2D eigenvalue weighted by molar-refractivity contribution is 5.97. The quantitative estimate of drug-likeness (QED) is 0.898. The van der Waals surface area contributed by atoms with E-state index < -0.39 is 0 Å². The van der Waals surface area contributed by atoms with Crippen molar-refractivity contribution in [2.24, 2.45) is 5.92 Å². The van der Waals surface area contributed by atoms with Gasteiger partial charge in [0.2, 0.25) is 11.8 Å². The van der Waals surface area contributed by atoms with Gasteiger partial charge in [-0.05, 0) is 17.9 Å². The average molecular weight is 315 g/mol. The summed E-state index contributed by atoms with van der Waals surface area (Å²) in [6.07, 6.45) is 0.970. The van der Waals surface area contributed by atoms with Crippen LogP contribution in [0.1, 0.15) is 19.4 Å². The first kappa shape index (κ1) is 16.0. The van der Waals surface area contributed by atoms with Crippen LogP contribution >= 0.6 is 0 Å². The maximum absolute atomic E-state index is 12.5. The number of amides is 2. The third-order valence-corrected chi connectivity index (χ3v) is 4.84. The van der Waals surface area contributed by atoms with E-state index in [0.717, 1.165) is 19.5 Å². The van der Waals surface area contributed by atoms with Crippen molar-refractivity contribution in [2.75, 3.05) is 26.2 Å². The molecule has 2 fully saturated rings. The van der Waals surface area contributed by atoms with Crippen molar-refractivity contribution in [1.82, 2.24) is 15.1 Å². The number of carbonyl (C=O) groups is 2. The van der Waals surface area contributed by atoms with Crippen LogP contribution in [0.15, 0.2) is 30.3 Å². The van der Waals surface area contributed by atoms with Gasteiger partial charge in [0.1, 0.15) is 12.1 Å². The second kappa shape index (κ2) is 6.71. The van der Waals surface area contributed by atoms with Crippen LogP contribution in [-0.2, 0) is 16.0 Å². The maximum Gasteiger partial charge on any atom is 0.246 e. The molecule has 0 unspecified atom stereocenters. The van der Waals surface area contributed by atoms with Crippen molar-refractivity contribution in [3.8, 4) is 0 Å². The Hall–Kier alpha value is -1.88. The molecule has 2 atom stereocenters. The number of rotatable bonds is 4. The Morgan fingerprint density at radius 2 is 1.91 bits per heavy atom. The lowest BCUT2D eigenvalue weighted by Crippen LogP contribution is -2.70. The zero-order chi connectivity index (χ0) is 16.4. The SMILES string of the molecule is CC(C)[C@@H]1NC(=O)[C@H]2CN(CCc3ccccc3)CCN2C1=O. The van der Waals surface area contributed by atoms with Crippen LogP contribution in [0.5, 0.6) is 0 Å². The van der Waals surface area contributed by atoms with Gasteiger partial charge < -0.3 is 10.2 Å². The van der Waals surface area contributed by atoms with Gasteiger partial charge in [-0.25, -0.2) is 0 Å². The Morgan fingerprint density at radius 3 is 2.61 bits per heavy atom. The van der Waals surface area contributed by atoms with Gasteiger partial charge in [0.15, 0.2) is 0 Å². The predicted octanol–water partition coefficient (Wildman–Crippen LogP) is 0.896. The largest absolute Gasteiger partial charge is 0.342 e. The Morgan fingerprint density at radius 1 is 1.17 bits per heavy atom. The molecule has 2 amide bonds. The van der Waals surface area contributed by atoms with Gasteiger partial charge in [0.25, 0.3) is 0 Å². The van der Waals surface area contributed by atoms with Crippen LogP contribution in [0.25, 0.3) is 0 Å². The highest BCUT2D eigenvalue weighted by Crippen LogP contribution is 2.19. The maximum atomic E-state index is 12.5. The zero-order valence-electron chi connectivity index (χ0n) is 13.9. The first-order valence-corrected chi connectivity index (χ1v) is 8.43. The third kappa shape index (κ3) is 3.39. The van der Waals surface area contributed by atoms with Crippen molar-refractivity contribution in [3.63, 3.8) is 0 Å². The molecule has 2 saturated heterocycles. The van der Waals surface area contributed by atoms with Crippen LogP contribution < -0.4 is 5.32 Å². The molecule has 2 aliphatic heterocycles. The third-order valence-electron chi connectivity index (χ3n) is 4.84. The molecule has 1 aromatic rings. The molecule has 23 heavy (non-hydrogen) atoms. The van der Waals surface area contributed by atoms with Gasteiger partial charge in [0.05, 0.1) is 0 Å². The summed E-state index contributed by atoms with van der Waals surface area (Å²) in [5.74, 6) is 0.198. The van der Waals surface area contributed by atoms with E-state index in [-0.39, 0.29) is 29.8 Å². The van der Waals surface area contributed by atoms with Gasteiger partial charge in [-0.2, -0.15) is 0 Å². The Balaban J connectivity index is 1.60. The molecule has 0 radical (unpaired) electrons. The summed E-state index contributed by atoms with van der Waals surface area (Å²) in [6.45, 7) is 6.99. The molecule has 3 rings (SSSR count). The summed E-state index contributed by atoms with van der Waals surface area (Å²) in [4.78, 5) is 29.0. The van der Waals surface area contributed by atoms with Gasteiger partial charge in [0, 0.05) is 26.2 Å². The van der Waals surface area contributed by atoms with E-state index in [2.05, 4.69) is 22.3 Å². The molecule has 0 spiro atoms. The average Bonchev–Trinajstić information content (AvgIpc) is 2.57. The number of benzene rings is 1. The monoisotopic (exact) mass is 315 g/mol. The molecule has 1 aromatic carbocycles. The number of piperazine rings is 2. The molecule has 124 valence electrons. The first-order chi connectivity index (χ1) is 11.1. The van der Waals surface area contributed by atoms with Crippen molar-refractivity contribution in [1.29, 1.82) is 0 Å². The molecule has 0 bridgehead atoms. The fourth-order valence-electron chi connectivity index (χ4n) is 3.40. The number of nitrogens with zero attached hydrogens (tertiary/aromatic N) is 2. The molecule has 5 heteroatoms. The van der Waals surface area contributed by atoms with Crippen LogP contribution in [0.3, 0.4) is 0 Å². The normalized spacial score (nSPS) is 25.4. The van der Waals surface area contributed by atoms with E-state index >= 15 is 0 Å². The summed E-state index contributed by atoms with van der Waals surface area (Å²) in [7, 11) is 0. The Labute approximate surface area is 137 Å². The van der Waals surface area contributed by atoms with Crippen LogP contribution in [0.2, 0.25) is 0 Å². The minimum Gasteiger partial charge on any atom is -0.342 e. The van der Waals surface area contributed by atoms with E-state index in [1.165, 1.54) is 5.56 Å². The zero-order valence-corrected chi connectivity index (χ0v) is 13.9. The van der Waals surface area contributed by atoms with Crippen molar-refractivity contribution in [2.45, 2.75) is 32.4 Å². The molecule has 0 aliphatic carbocycles. The molecule has 2 aliphatic rings. The standard InChI is InChI=1S/C18H25N3O2/c1-13(2)16-18(23)21-11-10-20(12-15(21)17(22)19-16)9-8-14-6-4-3-5-7-14/h3-7,13,15-16H,8-12H2,1-2H3,(H,19,22)/t15-,16+/m1/s1. The molecule has 0 saturated carbocycles. The summed E-state index contributed by atoms with van der Waals surface area (Å²) in [5.41, 5.74) is 1.30. The van der Waals surface area contributed by atoms with E-state index in [1.54, 1.807) is 4.90 Å². The van der Waals surface area contributed by atoms with Crippen molar-refractivity contribution < 1.29 is 9.59 Å². The van der Waals surface area contributed by atoms with E-state index in [9.17, 15) is 9.59 Å². The molecule has 1 N–H and O–H groups in total. The number of hydrogen-bond donors (Lipinski definition) is 1. The lowest BCUT2D eigenvalue weighted by Gasteiger charge is -2.46. The fraction of sp³-hybridized carbons (Fsp3) is 0.556. The number of nitrogens with one attached hydrogen (secondary N) is 1. The highest BCUT2D eigenvalue weighted by atomic mass is 16.2. The smallest absolute Gasteiger partial charge is 0.246 e. The van der Waals surface area contributed by atoms with Gasteiger partial charge in [-0.1, -0.05) is 44.2 Å². The van der Waals surface area contributed by atoms with E-state index in [4.69, 9.17) is 0 Å². The molecule has 0 aromatic heterocycles. The second-order valence-corrected chi connectivity index (χ2v) is 6.81. The van der Waals surface area contributed by atoms with Crippen LogP contribution in [0, 0.1) is 5.92 Å². The number of hydrogen-bond acceptors (Lipinski definition) is 3. The van der Waals surface area contributed by atoms with E-state index in [1.807, 2.05) is 32.0 Å². The van der Waals surface area contributed by atoms with Crippen LogP contribution in [-0.4, -0.2) is 59.9 Å². The lowest BCUT2D eigenvalue weighted by atomic mass is 9.96. The molecular weight excluding hydrogens is 290 g/mol. The minimum absolute atomic E-state index is 0.00675. The van der Waals surface area contributed by atoms with Crippen molar-refractivity contribution >= 4 is 11.8 Å². The number of carbonyl (C=O) groups excluding carboxylic acids is 2. The summed E-state index contributed by atoms with van der Waals surface area (Å²) in [6, 6.07) is 9.67. The predicted molar refractivity (Wildman–Crippen MR) is 88.9 cm³/mol. The summed E-state index contributed by atoms with van der Waals surface area (Å²) >= 11 is 0. The summed E-state index contributed by atoms with van der Waals surface area (Å²) in [5, 5.41) is 2.90. The molecule has 2 heterocycles. The topological polar surface area (TPSA) is 52.7 Å².